The van der Waals surface area contributed by atoms with Crippen LogP contribution in [0.3, 0.4) is 0 Å². The number of thioether (sulfide) groups is 1. The molecule has 0 aromatic carbocycles. The minimum atomic E-state index is -0.178. The van der Waals surface area contributed by atoms with Gasteiger partial charge in [-0.3, -0.25) is 9.78 Å². The molecule has 0 fully saturated rings. The first-order chi connectivity index (χ1) is 6.74. The van der Waals surface area contributed by atoms with Crippen molar-refractivity contribution >= 4 is 33.7 Å². The van der Waals surface area contributed by atoms with Crippen molar-refractivity contribution in [1.82, 2.24) is 4.98 Å². The van der Waals surface area contributed by atoms with Gasteiger partial charge in [-0.25, -0.2) is 0 Å². The summed E-state index contributed by atoms with van der Waals surface area (Å²) >= 11 is 4.98. The molecule has 0 aliphatic rings. The molecule has 3 nitrogen and oxygen atoms in total. The number of hydrogen-bond acceptors (Lipinski definition) is 4. The lowest BCUT2D eigenvalue weighted by Gasteiger charge is -2.02. The number of methoxy groups -OCH3 is 1. The van der Waals surface area contributed by atoms with E-state index in [2.05, 4.69) is 25.7 Å². The number of carbonyl (C=O) groups is 1. The number of nitrogens with zero attached hydrogens (tertiary/aromatic N) is 1. The molecule has 0 amide bonds. The van der Waals surface area contributed by atoms with Crippen molar-refractivity contribution in [3.8, 4) is 0 Å². The number of halogens is 1. The van der Waals surface area contributed by atoms with Gasteiger partial charge in [0.2, 0.25) is 0 Å². The van der Waals surface area contributed by atoms with Crippen LogP contribution in [0.1, 0.15) is 6.42 Å². The summed E-state index contributed by atoms with van der Waals surface area (Å²) in [6.07, 6.45) is 3.89. The van der Waals surface area contributed by atoms with Gasteiger partial charge in [0, 0.05) is 27.5 Å². The zero-order valence-electron chi connectivity index (χ0n) is 7.70. The zero-order chi connectivity index (χ0) is 10.4. The number of pyridine rings is 1. The van der Waals surface area contributed by atoms with Crippen molar-refractivity contribution in [2.24, 2.45) is 0 Å². The van der Waals surface area contributed by atoms with Crippen LogP contribution in [0, 0.1) is 0 Å². The van der Waals surface area contributed by atoms with Crippen LogP contribution in [0.25, 0.3) is 0 Å². The Labute approximate surface area is 95.4 Å². The highest BCUT2D eigenvalue weighted by molar-refractivity contribution is 9.10. The van der Waals surface area contributed by atoms with Crippen LogP contribution < -0.4 is 0 Å². The fraction of sp³-hybridized carbons (Fsp3) is 0.333. The molecule has 0 saturated carbocycles. The summed E-state index contributed by atoms with van der Waals surface area (Å²) in [6.45, 7) is 0. The van der Waals surface area contributed by atoms with Crippen molar-refractivity contribution in [1.29, 1.82) is 0 Å². The van der Waals surface area contributed by atoms with E-state index in [1.165, 1.54) is 7.11 Å². The van der Waals surface area contributed by atoms with E-state index < -0.39 is 0 Å². The number of esters is 1. The molecule has 0 saturated heterocycles. The van der Waals surface area contributed by atoms with Gasteiger partial charge < -0.3 is 4.74 Å². The SMILES string of the molecule is COC(=O)CCSc1ccncc1Br. The average Bonchev–Trinajstić information content (AvgIpc) is 2.20. The number of ether oxygens (including phenoxy) is 1. The molecule has 76 valence electrons. The molecule has 0 aliphatic heterocycles. The minimum absolute atomic E-state index is 0.178. The van der Waals surface area contributed by atoms with Gasteiger partial charge >= 0.3 is 5.97 Å². The van der Waals surface area contributed by atoms with Crippen molar-refractivity contribution in [2.75, 3.05) is 12.9 Å². The second-order valence-electron chi connectivity index (χ2n) is 2.48. The van der Waals surface area contributed by atoms with Crippen LogP contribution in [0.4, 0.5) is 0 Å². The summed E-state index contributed by atoms with van der Waals surface area (Å²) in [5.74, 6) is 0.539. The summed E-state index contributed by atoms with van der Waals surface area (Å²) in [6, 6.07) is 1.91. The van der Waals surface area contributed by atoms with Gasteiger partial charge in [-0.15, -0.1) is 11.8 Å². The molecule has 5 heteroatoms. The van der Waals surface area contributed by atoms with E-state index in [0.29, 0.717) is 6.42 Å². The highest BCUT2D eigenvalue weighted by Crippen LogP contribution is 2.26. The van der Waals surface area contributed by atoms with Gasteiger partial charge in [0.05, 0.1) is 13.5 Å². The van der Waals surface area contributed by atoms with Gasteiger partial charge in [-0.2, -0.15) is 0 Å². The van der Waals surface area contributed by atoms with Gasteiger partial charge in [0.25, 0.3) is 0 Å². The van der Waals surface area contributed by atoms with Gasteiger partial charge in [0.1, 0.15) is 0 Å². The van der Waals surface area contributed by atoms with Crippen molar-refractivity contribution < 1.29 is 9.53 Å². The molecule has 0 atom stereocenters. The molecule has 1 aromatic heterocycles. The van der Waals surface area contributed by atoms with Crippen LogP contribution >= 0.6 is 27.7 Å². The van der Waals surface area contributed by atoms with E-state index in [4.69, 9.17) is 0 Å². The number of rotatable bonds is 4. The first-order valence-electron chi connectivity index (χ1n) is 4.03. The molecule has 0 radical (unpaired) electrons. The molecule has 1 aromatic rings. The third-order valence-electron chi connectivity index (χ3n) is 1.53. The highest BCUT2D eigenvalue weighted by atomic mass is 79.9. The Balaban J connectivity index is 2.39. The summed E-state index contributed by atoms with van der Waals surface area (Å²) < 4.78 is 5.50. The largest absolute Gasteiger partial charge is 0.469 e. The van der Waals surface area contributed by atoms with E-state index >= 15 is 0 Å². The number of hydrogen-bond donors (Lipinski definition) is 0. The number of carbonyl (C=O) groups excluding carboxylic acids is 1. The molecule has 0 aliphatic carbocycles. The molecular weight excluding hydrogens is 266 g/mol. The second kappa shape index (κ2) is 6.03. The molecule has 14 heavy (non-hydrogen) atoms. The predicted octanol–water partition coefficient (Wildman–Crippen LogP) is 2.50. The number of aromatic nitrogens is 1. The Morgan fingerprint density at radius 2 is 2.50 bits per heavy atom. The summed E-state index contributed by atoms with van der Waals surface area (Å²) in [5.41, 5.74) is 0. The summed E-state index contributed by atoms with van der Waals surface area (Å²) in [4.78, 5) is 15.9. The third kappa shape index (κ3) is 3.67. The lowest BCUT2D eigenvalue weighted by atomic mass is 10.5. The predicted molar refractivity (Wildman–Crippen MR) is 59.3 cm³/mol. The first-order valence-corrected chi connectivity index (χ1v) is 5.81. The van der Waals surface area contributed by atoms with Gasteiger partial charge in [-0.1, -0.05) is 0 Å². The van der Waals surface area contributed by atoms with E-state index in [0.717, 1.165) is 15.1 Å². The molecular formula is C9H10BrNO2S. The molecule has 0 spiro atoms. The maximum Gasteiger partial charge on any atom is 0.306 e. The molecule has 0 unspecified atom stereocenters. The smallest absolute Gasteiger partial charge is 0.306 e. The molecule has 0 bridgehead atoms. The topological polar surface area (TPSA) is 39.2 Å². The second-order valence-corrected chi connectivity index (χ2v) is 4.47. The lowest BCUT2D eigenvalue weighted by Crippen LogP contribution is -2.00. The highest BCUT2D eigenvalue weighted by Gasteiger charge is 2.03. The quantitative estimate of drug-likeness (QED) is 0.625. The zero-order valence-corrected chi connectivity index (χ0v) is 10.1. The third-order valence-corrected chi connectivity index (χ3v) is 3.50. The van der Waals surface area contributed by atoms with Crippen LogP contribution in [-0.2, 0) is 9.53 Å². The monoisotopic (exact) mass is 275 g/mol. The van der Waals surface area contributed by atoms with Crippen molar-refractivity contribution in [2.45, 2.75) is 11.3 Å². The molecule has 1 heterocycles. The maximum absolute atomic E-state index is 10.8. The Morgan fingerprint density at radius 3 is 3.14 bits per heavy atom. The first kappa shape index (κ1) is 11.5. The van der Waals surface area contributed by atoms with Crippen molar-refractivity contribution in [3.05, 3.63) is 22.9 Å². The van der Waals surface area contributed by atoms with Crippen LogP contribution in [0.15, 0.2) is 27.8 Å². The van der Waals surface area contributed by atoms with Gasteiger partial charge in [-0.05, 0) is 22.0 Å². The van der Waals surface area contributed by atoms with Crippen LogP contribution in [0.2, 0.25) is 0 Å². The molecule has 1 rings (SSSR count). The van der Waals surface area contributed by atoms with Crippen LogP contribution in [-0.4, -0.2) is 23.8 Å². The van der Waals surface area contributed by atoms with Crippen LogP contribution in [0.5, 0.6) is 0 Å². The molecule has 0 N–H and O–H groups in total. The van der Waals surface area contributed by atoms with Gasteiger partial charge in [0.15, 0.2) is 0 Å². The van der Waals surface area contributed by atoms with E-state index in [9.17, 15) is 4.79 Å². The Bertz CT molecular complexity index is 319. The van der Waals surface area contributed by atoms with E-state index in [1.54, 1.807) is 24.2 Å². The maximum atomic E-state index is 10.8. The fourth-order valence-electron chi connectivity index (χ4n) is 0.826. The Kier molecular flexibility index (Phi) is 4.97. The Morgan fingerprint density at radius 1 is 1.71 bits per heavy atom. The van der Waals surface area contributed by atoms with E-state index in [1.807, 2.05) is 6.07 Å². The fourth-order valence-corrected chi connectivity index (χ4v) is 2.26. The average molecular weight is 276 g/mol. The Hall–Kier alpha value is -0.550. The summed E-state index contributed by atoms with van der Waals surface area (Å²) in [7, 11) is 1.40. The minimum Gasteiger partial charge on any atom is -0.469 e. The summed E-state index contributed by atoms with van der Waals surface area (Å²) in [5, 5.41) is 0. The standard InChI is InChI=1S/C9H10BrNO2S/c1-13-9(12)3-5-14-8-2-4-11-6-7(8)10/h2,4,6H,3,5H2,1H3. The van der Waals surface area contributed by atoms with E-state index in [-0.39, 0.29) is 5.97 Å². The lowest BCUT2D eigenvalue weighted by molar-refractivity contribution is -0.140. The normalized spacial score (nSPS) is 9.86. The van der Waals surface area contributed by atoms with Crippen molar-refractivity contribution in [3.63, 3.8) is 0 Å².